The van der Waals surface area contributed by atoms with Crippen LogP contribution in [0.15, 0.2) is 24.3 Å². The van der Waals surface area contributed by atoms with E-state index in [1.165, 1.54) is 17.7 Å². The highest BCUT2D eigenvalue weighted by Gasteiger charge is 2.33. The molecule has 1 aromatic carbocycles. The number of nitrogens with zero attached hydrogens (tertiary/aromatic N) is 1. The van der Waals surface area contributed by atoms with E-state index in [0.29, 0.717) is 6.54 Å². The average molecular weight is 262 g/mol. The summed E-state index contributed by atoms with van der Waals surface area (Å²) in [6.45, 7) is 8.73. The molecule has 2 rings (SSSR count). The van der Waals surface area contributed by atoms with Crippen molar-refractivity contribution in [2.45, 2.75) is 26.7 Å². The monoisotopic (exact) mass is 262 g/mol. The van der Waals surface area contributed by atoms with E-state index in [0.717, 1.165) is 32.7 Å². The molecule has 19 heavy (non-hydrogen) atoms. The Hall–Kier alpha value is -1.06. The van der Waals surface area contributed by atoms with Gasteiger partial charge in [-0.3, -0.25) is 0 Å². The van der Waals surface area contributed by atoms with Gasteiger partial charge in [0.15, 0.2) is 0 Å². The molecule has 1 atom stereocenters. The van der Waals surface area contributed by atoms with E-state index >= 15 is 0 Å². The van der Waals surface area contributed by atoms with Crippen LogP contribution in [0.3, 0.4) is 0 Å². The zero-order valence-electron chi connectivity index (χ0n) is 12.2. The normalized spacial score (nSPS) is 23.3. The average Bonchev–Trinajstić information content (AvgIpc) is 2.46. The lowest BCUT2D eigenvalue weighted by Gasteiger charge is -2.40. The largest absolute Gasteiger partial charge is 0.381 e. The fraction of sp³-hybridized carbons (Fsp3) is 0.625. The lowest BCUT2D eigenvalue weighted by atomic mass is 9.82. The van der Waals surface area contributed by atoms with Crippen molar-refractivity contribution in [2.24, 2.45) is 11.1 Å². The summed E-state index contributed by atoms with van der Waals surface area (Å²) in [4.78, 5) is 2.43. The van der Waals surface area contributed by atoms with Crippen LogP contribution >= 0.6 is 0 Å². The molecule has 1 saturated heterocycles. The molecular formula is C16H26N2O. The van der Waals surface area contributed by atoms with Crippen LogP contribution in [0.2, 0.25) is 0 Å². The molecule has 0 amide bonds. The van der Waals surface area contributed by atoms with Crippen LogP contribution in [0.25, 0.3) is 0 Å². The quantitative estimate of drug-likeness (QED) is 0.886. The third-order valence-electron chi connectivity index (χ3n) is 4.11. The van der Waals surface area contributed by atoms with Gasteiger partial charge in [-0.05, 0) is 44.4 Å². The molecule has 1 aliphatic heterocycles. The van der Waals surface area contributed by atoms with Crippen LogP contribution in [-0.2, 0) is 4.74 Å². The fourth-order valence-electron chi connectivity index (χ4n) is 2.88. The number of benzene rings is 1. The van der Waals surface area contributed by atoms with Crippen LogP contribution in [0, 0.1) is 12.3 Å². The molecule has 1 fully saturated rings. The molecule has 0 aliphatic carbocycles. The molecule has 0 bridgehead atoms. The van der Waals surface area contributed by atoms with Crippen molar-refractivity contribution in [3.8, 4) is 0 Å². The highest BCUT2D eigenvalue weighted by molar-refractivity contribution is 5.48. The number of hydrogen-bond donors (Lipinski definition) is 1. The van der Waals surface area contributed by atoms with Gasteiger partial charge >= 0.3 is 0 Å². The van der Waals surface area contributed by atoms with E-state index in [4.69, 9.17) is 10.5 Å². The maximum absolute atomic E-state index is 6.04. The number of aryl methyl sites for hydroxylation is 1. The van der Waals surface area contributed by atoms with Crippen molar-refractivity contribution in [3.05, 3.63) is 29.8 Å². The zero-order chi connectivity index (χ0) is 13.7. The molecule has 3 heteroatoms. The highest BCUT2D eigenvalue weighted by atomic mass is 16.5. The number of hydrogen-bond acceptors (Lipinski definition) is 3. The number of rotatable bonds is 5. The van der Waals surface area contributed by atoms with Crippen molar-refractivity contribution >= 4 is 5.69 Å². The van der Waals surface area contributed by atoms with E-state index in [2.05, 4.69) is 43.0 Å². The molecular weight excluding hydrogens is 236 g/mol. The molecule has 3 nitrogen and oxygen atoms in total. The van der Waals surface area contributed by atoms with Crippen molar-refractivity contribution in [1.29, 1.82) is 0 Å². The lowest BCUT2D eigenvalue weighted by molar-refractivity contribution is 0.00129. The third kappa shape index (κ3) is 3.48. The van der Waals surface area contributed by atoms with Crippen molar-refractivity contribution in [3.63, 3.8) is 0 Å². The first-order valence-corrected chi connectivity index (χ1v) is 7.28. The molecule has 106 valence electrons. The first-order valence-electron chi connectivity index (χ1n) is 7.28. The first kappa shape index (κ1) is 14.4. The molecule has 1 aliphatic rings. The molecule has 1 aromatic rings. The van der Waals surface area contributed by atoms with Crippen molar-refractivity contribution in [2.75, 3.05) is 37.7 Å². The third-order valence-corrected chi connectivity index (χ3v) is 4.11. The Balaban J connectivity index is 2.13. The van der Waals surface area contributed by atoms with Crippen molar-refractivity contribution < 1.29 is 4.74 Å². The maximum Gasteiger partial charge on any atom is 0.0551 e. The minimum atomic E-state index is 0.123. The zero-order valence-corrected chi connectivity index (χ0v) is 12.2. The lowest BCUT2D eigenvalue weighted by Crippen LogP contribution is -2.48. The van der Waals surface area contributed by atoms with Gasteiger partial charge in [-0.2, -0.15) is 0 Å². The van der Waals surface area contributed by atoms with Gasteiger partial charge < -0.3 is 15.4 Å². The summed E-state index contributed by atoms with van der Waals surface area (Å²) in [5, 5.41) is 0. The summed E-state index contributed by atoms with van der Waals surface area (Å²) in [6, 6.07) is 8.70. The van der Waals surface area contributed by atoms with E-state index in [1.807, 2.05) is 0 Å². The second-order valence-corrected chi connectivity index (χ2v) is 5.71. The van der Waals surface area contributed by atoms with Gasteiger partial charge in [0.25, 0.3) is 0 Å². The Morgan fingerprint density at radius 2 is 2.26 bits per heavy atom. The summed E-state index contributed by atoms with van der Waals surface area (Å²) >= 11 is 0. The van der Waals surface area contributed by atoms with E-state index in [1.54, 1.807) is 0 Å². The van der Waals surface area contributed by atoms with Gasteiger partial charge in [-0.25, -0.2) is 0 Å². The Morgan fingerprint density at radius 3 is 2.84 bits per heavy atom. The van der Waals surface area contributed by atoms with Crippen molar-refractivity contribution in [1.82, 2.24) is 0 Å². The highest BCUT2D eigenvalue weighted by Crippen LogP contribution is 2.30. The predicted molar refractivity (Wildman–Crippen MR) is 80.6 cm³/mol. The van der Waals surface area contributed by atoms with Crippen LogP contribution in [0.5, 0.6) is 0 Å². The summed E-state index contributed by atoms with van der Waals surface area (Å²) in [6.07, 6.45) is 2.30. The predicted octanol–water partition coefficient (Wildman–Crippen LogP) is 2.58. The van der Waals surface area contributed by atoms with Gasteiger partial charge in [-0.15, -0.1) is 0 Å². The second kappa shape index (κ2) is 6.40. The standard InChI is InChI=1S/C16H26N2O/c1-3-18(15-7-4-6-14(2)10-15)12-16(11-17)8-5-9-19-13-16/h4,6-7,10H,3,5,8-9,11-13,17H2,1-2H3. The SMILES string of the molecule is CCN(CC1(CN)CCCOC1)c1cccc(C)c1. The summed E-state index contributed by atoms with van der Waals surface area (Å²) in [5.74, 6) is 0. The van der Waals surface area contributed by atoms with Crippen LogP contribution < -0.4 is 10.6 Å². The maximum atomic E-state index is 6.04. The Bertz CT molecular complexity index is 399. The van der Waals surface area contributed by atoms with Gasteiger partial charge in [-0.1, -0.05) is 12.1 Å². The molecule has 0 saturated carbocycles. The first-order chi connectivity index (χ1) is 9.19. The Labute approximate surface area is 116 Å². The second-order valence-electron chi connectivity index (χ2n) is 5.71. The smallest absolute Gasteiger partial charge is 0.0551 e. The summed E-state index contributed by atoms with van der Waals surface area (Å²) < 4.78 is 5.67. The molecule has 1 unspecified atom stereocenters. The molecule has 0 spiro atoms. The Kier molecular flexibility index (Phi) is 4.83. The van der Waals surface area contributed by atoms with Gasteiger partial charge in [0, 0.05) is 37.3 Å². The van der Waals surface area contributed by atoms with Crippen LogP contribution in [-0.4, -0.2) is 32.8 Å². The minimum Gasteiger partial charge on any atom is -0.381 e. The van der Waals surface area contributed by atoms with Crippen LogP contribution in [0.1, 0.15) is 25.3 Å². The molecule has 2 N–H and O–H groups in total. The Morgan fingerprint density at radius 1 is 1.42 bits per heavy atom. The summed E-state index contributed by atoms with van der Waals surface area (Å²) in [5.41, 5.74) is 8.76. The minimum absolute atomic E-state index is 0.123. The fourth-order valence-corrected chi connectivity index (χ4v) is 2.88. The van der Waals surface area contributed by atoms with E-state index < -0.39 is 0 Å². The van der Waals surface area contributed by atoms with Gasteiger partial charge in [0.1, 0.15) is 0 Å². The molecule has 0 radical (unpaired) electrons. The van der Waals surface area contributed by atoms with E-state index in [-0.39, 0.29) is 5.41 Å². The number of anilines is 1. The van der Waals surface area contributed by atoms with Crippen LogP contribution in [0.4, 0.5) is 5.69 Å². The molecule has 1 heterocycles. The topological polar surface area (TPSA) is 38.5 Å². The van der Waals surface area contributed by atoms with E-state index in [9.17, 15) is 0 Å². The van der Waals surface area contributed by atoms with Gasteiger partial charge in [0.2, 0.25) is 0 Å². The molecule has 0 aromatic heterocycles. The summed E-state index contributed by atoms with van der Waals surface area (Å²) in [7, 11) is 0. The number of ether oxygens (including phenoxy) is 1. The van der Waals surface area contributed by atoms with Gasteiger partial charge in [0.05, 0.1) is 6.61 Å². The number of nitrogens with two attached hydrogens (primary N) is 1.